The molecule has 0 radical (unpaired) electrons. The Balaban J connectivity index is 1.53. The predicted octanol–water partition coefficient (Wildman–Crippen LogP) is 5.37. The topological polar surface area (TPSA) is 70.7 Å². The lowest BCUT2D eigenvalue weighted by Crippen LogP contribution is -2.11. The number of aromatic nitrogens is 3. The average molecular weight is 376 g/mol. The third-order valence-corrected chi connectivity index (χ3v) is 5.78. The van der Waals surface area contributed by atoms with Gasteiger partial charge in [0.2, 0.25) is 0 Å². The standard InChI is InChI=1S/C21H20N4OS/c1-12(2)21-22-13(3)18(27-21)20(26)23-15-10-8-14(9-11-15)19-24-16-6-4-5-7-17(16)25-19/h4-12H,1-3H3,(H,23,26)(H,24,25). The van der Waals surface area contributed by atoms with Crippen molar-refractivity contribution in [3.63, 3.8) is 0 Å². The second-order valence-electron chi connectivity index (χ2n) is 6.76. The number of imidazole rings is 1. The Morgan fingerprint density at radius 2 is 1.81 bits per heavy atom. The number of anilines is 1. The van der Waals surface area contributed by atoms with Crippen LogP contribution in [0.1, 0.15) is 40.1 Å². The zero-order valence-electron chi connectivity index (χ0n) is 15.4. The fourth-order valence-electron chi connectivity index (χ4n) is 2.86. The van der Waals surface area contributed by atoms with Gasteiger partial charge in [0.25, 0.3) is 5.91 Å². The minimum atomic E-state index is -0.117. The van der Waals surface area contributed by atoms with Gasteiger partial charge in [0.1, 0.15) is 10.7 Å². The van der Waals surface area contributed by atoms with Gasteiger partial charge in [-0.25, -0.2) is 9.97 Å². The molecule has 2 aromatic heterocycles. The zero-order valence-corrected chi connectivity index (χ0v) is 16.2. The number of para-hydroxylation sites is 2. The van der Waals surface area contributed by atoms with Crippen LogP contribution >= 0.6 is 11.3 Å². The highest BCUT2D eigenvalue weighted by molar-refractivity contribution is 7.14. The molecule has 0 aliphatic rings. The van der Waals surface area contributed by atoms with Gasteiger partial charge >= 0.3 is 0 Å². The molecular weight excluding hydrogens is 356 g/mol. The molecule has 0 aliphatic carbocycles. The highest BCUT2D eigenvalue weighted by Gasteiger charge is 2.17. The van der Waals surface area contributed by atoms with Crippen LogP contribution in [0.25, 0.3) is 22.4 Å². The first-order chi connectivity index (χ1) is 13.0. The third kappa shape index (κ3) is 3.48. The fraction of sp³-hybridized carbons (Fsp3) is 0.190. The van der Waals surface area contributed by atoms with E-state index < -0.39 is 0 Å². The number of aryl methyl sites for hydroxylation is 1. The van der Waals surface area contributed by atoms with Gasteiger partial charge in [-0.1, -0.05) is 26.0 Å². The lowest BCUT2D eigenvalue weighted by molar-refractivity contribution is 0.103. The largest absolute Gasteiger partial charge is 0.338 e. The summed E-state index contributed by atoms with van der Waals surface area (Å²) in [5, 5.41) is 3.94. The van der Waals surface area contributed by atoms with Crippen LogP contribution in [-0.2, 0) is 0 Å². The molecule has 136 valence electrons. The minimum Gasteiger partial charge on any atom is -0.338 e. The highest BCUT2D eigenvalue weighted by atomic mass is 32.1. The van der Waals surface area contributed by atoms with Crippen molar-refractivity contribution < 1.29 is 4.79 Å². The maximum absolute atomic E-state index is 12.6. The number of nitrogens with zero attached hydrogens (tertiary/aromatic N) is 2. The lowest BCUT2D eigenvalue weighted by Gasteiger charge is -2.05. The van der Waals surface area contributed by atoms with Crippen LogP contribution in [0.3, 0.4) is 0 Å². The number of nitrogens with one attached hydrogen (secondary N) is 2. The second-order valence-corrected chi connectivity index (χ2v) is 7.79. The number of hydrogen-bond acceptors (Lipinski definition) is 4. The van der Waals surface area contributed by atoms with Gasteiger partial charge < -0.3 is 10.3 Å². The number of carbonyl (C=O) groups excluding carboxylic acids is 1. The molecule has 5 nitrogen and oxygen atoms in total. The number of H-pyrrole nitrogens is 1. The molecule has 0 saturated heterocycles. The molecule has 0 bridgehead atoms. The number of rotatable bonds is 4. The van der Waals surface area contributed by atoms with Gasteiger partial charge in [-0.3, -0.25) is 4.79 Å². The summed E-state index contributed by atoms with van der Waals surface area (Å²) in [6.45, 7) is 6.04. The van der Waals surface area contributed by atoms with E-state index in [0.717, 1.165) is 38.8 Å². The summed E-state index contributed by atoms with van der Waals surface area (Å²) in [5.41, 5.74) is 4.44. The summed E-state index contributed by atoms with van der Waals surface area (Å²) in [4.78, 5) is 25.7. The Kier molecular flexibility index (Phi) is 4.49. The third-order valence-electron chi connectivity index (χ3n) is 4.32. The Morgan fingerprint density at radius 3 is 2.48 bits per heavy atom. The van der Waals surface area contributed by atoms with Crippen LogP contribution < -0.4 is 5.32 Å². The molecule has 0 fully saturated rings. The van der Waals surface area contributed by atoms with E-state index in [2.05, 4.69) is 34.1 Å². The molecule has 0 unspecified atom stereocenters. The maximum Gasteiger partial charge on any atom is 0.267 e. The van der Waals surface area contributed by atoms with Crippen molar-refractivity contribution in [1.29, 1.82) is 0 Å². The van der Waals surface area contributed by atoms with Crippen LogP contribution in [0.5, 0.6) is 0 Å². The van der Waals surface area contributed by atoms with Crippen molar-refractivity contribution in [1.82, 2.24) is 15.0 Å². The predicted molar refractivity (Wildman–Crippen MR) is 110 cm³/mol. The number of fused-ring (bicyclic) bond motifs is 1. The number of thiazole rings is 1. The average Bonchev–Trinajstić information content (AvgIpc) is 3.26. The molecule has 2 aromatic carbocycles. The SMILES string of the molecule is Cc1nc(C(C)C)sc1C(=O)Nc1ccc(-c2nc3ccccc3[nH]2)cc1. The van der Waals surface area contributed by atoms with E-state index in [1.807, 2.05) is 55.5 Å². The molecule has 1 amide bonds. The number of carbonyl (C=O) groups is 1. The lowest BCUT2D eigenvalue weighted by atomic mass is 10.2. The van der Waals surface area contributed by atoms with Crippen LogP contribution in [0.4, 0.5) is 5.69 Å². The maximum atomic E-state index is 12.6. The molecule has 4 rings (SSSR count). The van der Waals surface area contributed by atoms with Gasteiger partial charge in [0, 0.05) is 17.2 Å². The summed E-state index contributed by atoms with van der Waals surface area (Å²) < 4.78 is 0. The molecule has 6 heteroatoms. The normalized spacial score (nSPS) is 11.3. The van der Waals surface area contributed by atoms with E-state index in [9.17, 15) is 4.79 Å². The molecule has 0 atom stereocenters. The van der Waals surface area contributed by atoms with E-state index in [-0.39, 0.29) is 5.91 Å². The van der Waals surface area contributed by atoms with E-state index in [4.69, 9.17) is 0 Å². The first-order valence-corrected chi connectivity index (χ1v) is 9.67. The fourth-order valence-corrected chi connectivity index (χ4v) is 3.83. The van der Waals surface area contributed by atoms with Crippen molar-refractivity contribution in [2.75, 3.05) is 5.32 Å². The second kappa shape index (κ2) is 6.96. The molecule has 2 N–H and O–H groups in total. The smallest absolute Gasteiger partial charge is 0.267 e. The van der Waals surface area contributed by atoms with Crippen molar-refractivity contribution in [3.8, 4) is 11.4 Å². The monoisotopic (exact) mass is 376 g/mol. The van der Waals surface area contributed by atoms with Gasteiger partial charge in [0.05, 0.1) is 21.7 Å². The molecule has 27 heavy (non-hydrogen) atoms. The molecule has 4 aromatic rings. The molecule has 2 heterocycles. The number of aromatic amines is 1. The summed E-state index contributed by atoms with van der Waals surface area (Å²) in [6, 6.07) is 15.6. The molecule has 0 aliphatic heterocycles. The summed E-state index contributed by atoms with van der Waals surface area (Å²) in [7, 11) is 0. The van der Waals surface area contributed by atoms with Crippen molar-refractivity contribution in [3.05, 3.63) is 64.1 Å². The molecule has 0 spiro atoms. The van der Waals surface area contributed by atoms with Crippen LogP contribution in [0, 0.1) is 6.92 Å². The number of benzene rings is 2. The van der Waals surface area contributed by atoms with Gasteiger partial charge in [-0.15, -0.1) is 11.3 Å². The molecular formula is C21H20N4OS. The van der Waals surface area contributed by atoms with Gasteiger partial charge in [-0.2, -0.15) is 0 Å². The minimum absolute atomic E-state index is 0.117. The number of amides is 1. The van der Waals surface area contributed by atoms with E-state index in [1.165, 1.54) is 11.3 Å². The van der Waals surface area contributed by atoms with Crippen molar-refractivity contribution >= 4 is 34.0 Å². The van der Waals surface area contributed by atoms with Gasteiger partial charge in [-0.05, 0) is 43.3 Å². The van der Waals surface area contributed by atoms with Crippen molar-refractivity contribution in [2.24, 2.45) is 0 Å². The molecule has 0 saturated carbocycles. The van der Waals surface area contributed by atoms with Crippen LogP contribution in [0.15, 0.2) is 48.5 Å². The zero-order chi connectivity index (χ0) is 19.0. The number of hydrogen-bond donors (Lipinski definition) is 2. The summed E-state index contributed by atoms with van der Waals surface area (Å²) in [5.74, 6) is 1.01. The Hall–Kier alpha value is -2.99. The van der Waals surface area contributed by atoms with Crippen molar-refractivity contribution in [2.45, 2.75) is 26.7 Å². The summed E-state index contributed by atoms with van der Waals surface area (Å²) >= 11 is 1.46. The van der Waals surface area contributed by atoms with Crippen LogP contribution in [0.2, 0.25) is 0 Å². The first-order valence-electron chi connectivity index (χ1n) is 8.85. The quantitative estimate of drug-likeness (QED) is 0.503. The highest BCUT2D eigenvalue weighted by Crippen LogP contribution is 2.26. The Bertz CT molecular complexity index is 1080. The van der Waals surface area contributed by atoms with E-state index in [0.29, 0.717) is 10.8 Å². The Morgan fingerprint density at radius 1 is 1.07 bits per heavy atom. The Labute approximate surface area is 161 Å². The first kappa shape index (κ1) is 17.4. The van der Waals surface area contributed by atoms with E-state index >= 15 is 0 Å². The summed E-state index contributed by atoms with van der Waals surface area (Å²) in [6.07, 6.45) is 0. The van der Waals surface area contributed by atoms with E-state index in [1.54, 1.807) is 0 Å². The van der Waals surface area contributed by atoms with Gasteiger partial charge in [0.15, 0.2) is 0 Å². The van der Waals surface area contributed by atoms with Crippen LogP contribution in [-0.4, -0.2) is 20.9 Å².